The summed E-state index contributed by atoms with van der Waals surface area (Å²) in [4.78, 5) is 26.6. The second-order valence-electron chi connectivity index (χ2n) is 3.19. The lowest BCUT2D eigenvalue weighted by Gasteiger charge is -2.16. The van der Waals surface area contributed by atoms with Crippen molar-refractivity contribution >= 4 is 33.4 Å². The molecule has 1 aromatic rings. The van der Waals surface area contributed by atoms with Crippen molar-refractivity contribution in [3.05, 3.63) is 26.9 Å². The number of ether oxygens (including phenoxy) is 1. The zero-order chi connectivity index (χ0) is 13.0. The molecule has 92 valence electrons. The highest BCUT2D eigenvalue weighted by molar-refractivity contribution is 9.10. The van der Waals surface area contributed by atoms with Gasteiger partial charge in [-0.15, -0.1) is 0 Å². The molecule has 0 aromatic carbocycles. The second kappa shape index (κ2) is 5.58. The van der Waals surface area contributed by atoms with Gasteiger partial charge in [0.2, 0.25) is 5.82 Å². The number of anilines is 1. The Kier molecular flexibility index (Phi) is 4.38. The molecule has 0 unspecified atom stereocenters. The van der Waals surface area contributed by atoms with Crippen LogP contribution < -0.4 is 4.90 Å². The number of hydrogen-bond acceptors (Lipinski definition) is 6. The molecular formula is C9H10BrN3O4. The molecule has 17 heavy (non-hydrogen) atoms. The van der Waals surface area contributed by atoms with E-state index in [-0.39, 0.29) is 18.1 Å². The summed E-state index contributed by atoms with van der Waals surface area (Å²) in [5.41, 5.74) is -0.175. The predicted octanol–water partition coefficient (Wildman–Crippen LogP) is 1.36. The maximum Gasteiger partial charge on any atom is 0.325 e. The summed E-state index contributed by atoms with van der Waals surface area (Å²) < 4.78 is 4.98. The van der Waals surface area contributed by atoms with E-state index in [0.29, 0.717) is 4.47 Å². The number of carbonyl (C=O) groups is 1. The molecular weight excluding hydrogens is 294 g/mol. The molecule has 1 heterocycles. The van der Waals surface area contributed by atoms with Crippen LogP contribution in [0.15, 0.2) is 16.7 Å². The smallest absolute Gasteiger partial charge is 0.325 e. The number of esters is 1. The Morgan fingerprint density at radius 2 is 2.35 bits per heavy atom. The van der Waals surface area contributed by atoms with E-state index in [1.165, 1.54) is 31.3 Å². The van der Waals surface area contributed by atoms with Crippen molar-refractivity contribution in [2.45, 2.75) is 0 Å². The van der Waals surface area contributed by atoms with Crippen LogP contribution >= 0.6 is 15.9 Å². The molecule has 0 amide bonds. The van der Waals surface area contributed by atoms with Crippen LogP contribution in [-0.2, 0) is 9.53 Å². The van der Waals surface area contributed by atoms with Crippen molar-refractivity contribution in [3.63, 3.8) is 0 Å². The first-order valence-corrected chi connectivity index (χ1v) is 5.33. The molecule has 0 fully saturated rings. The topological polar surface area (TPSA) is 85.6 Å². The number of nitro groups is 1. The van der Waals surface area contributed by atoms with E-state index in [2.05, 4.69) is 25.7 Å². The average molecular weight is 304 g/mol. The molecule has 0 N–H and O–H groups in total. The number of carbonyl (C=O) groups excluding carboxylic acids is 1. The van der Waals surface area contributed by atoms with Gasteiger partial charge in [0.15, 0.2) is 0 Å². The fraction of sp³-hybridized carbons (Fsp3) is 0.333. The van der Waals surface area contributed by atoms with Crippen LogP contribution in [0.1, 0.15) is 0 Å². The minimum Gasteiger partial charge on any atom is -0.468 e. The first-order valence-electron chi connectivity index (χ1n) is 4.53. The summed E-state index contributed by atoms with van der Waals surface area (Å²) in [5.74, 6) is -0.380. The summed E-state index contributed by atoms with van der Waals surface area (Å²) in [6.07, 6.45) is 1.43. The van der Waals surface area contributed by atoms with Crippen LogP contribution in [-0.4, -0.2) is 36.6 Å². The largest absolute Gasteiger partial charge is 0.468 e. The fourth-order valence-corrected chi connectivity index (χ4v) is 1.50. The van der Waals surface area contributed by atoms with Crippen molar-refractivity contribution in [1.29, 1.82) is 0 Å². The van der Waals surface area contributed by atoms with Gasteiger partial charge in [-0.05, 0) is 15.9 Å². The minimum atomic E-state index is -0.555. The Labute approximate surface area is 106 Å². The van der Waals surface area contributed by atoms with Crippen LogP contribution in [0.4, 0.5) is 11.5 Å². The Hall–Kier alpha value is -1.70. The molecule has 0 aliphatic carbocycles. The summed E-state index contributed by atoms with van der Waals surface area (Å²) in [7, 11) is 2.78. The lowest BCUT2D eigenvalue weighted by molar-refractivity contribution is -0.384. The van der Waals surface area contributed by atoms with Gasteiger partial charge in [-0.3, -0.25) is 14.9 Å². The SMILES string of the molecule is COC(=O)CN(C)c1ncc(Br)cc1[N+](=O)[O-]. The van der Waals surface area contributed by atoms with E-state index >= 15 is 0 Å². The predicted molar refractivity (Wildman–Crippen MR) is 63.9 cm³/mol. The van der Waals surface area contributed by atoms with Gasteiger partial charge in [-0.2, -0.15) is 0 Å². The van der Waals surface area contributed by atoms with Crippen LogP contribution in [0.5, 0.6) is 0 Å². The molecule has 8 heteroatoms. The van der Waals surface area contributed by atoms with Crippen molar-refractivity contribution in [2.24, 2.45) is 0 Å². The van der Waals surface area contributed by atoms with Crippen molar-refractivity contribution in [3.8, 4) is 0 Å². The maximum atomic E-state index is 11.1. The number of likely N-dealkylation sites (N-methyl/N-ethyl adjacent to an activating group) is 1. The van der Waals surface area contributed by atoms with Crippen LogP contribution in [0.2, 0.25) is 0 Å². The van der Waals surface area contributed by atoms with Gasteiger partial charge in [0.1, 0.15) is 6.54 Å². The quantitative estimate of drug-likeness (QED) is 0.474. The number of hydrogen-bond donors (Lipinski definition) is 0. The Bertz CT molecular complexity index is 452. The van der Waals surface area contributed by atoms with Gasteiger partial charge in [-0.25, -0.2) is 4.98 Å². The molecule has 0 atom stereocenters. The zero-order valence-corrected chi connectivity index (χ0v) is 10.8. The van der Waals surface area contributed by atoms with Gasteiger partial charge < -0.3 is 9.64 Å². The fourth-order valence-electron chi connectivity index (χ4n) is 1.18. The first-order chi connectivity index (χ1) is 7.95. The molecule has 0 aliphatic rings. The molecule has 0 saturated heterocycles. The van der Waals surface area contributed by atoms with Gasteiger partial charge in [0, 0.05) is 23.8 Å². The van der Waals surface area contributed by atoms with Gasteiger partial charge >= 0.3 is 11.7 Å². The number of nitrogens with zero attached hydrogens (tertiary/aromatic N) is 3. The number of halogens is 1. The third-order valence-corrected chi connectivity index (χ3v) is 2.40. The number of rotatable bonds is 4. The minimum absolute atomic E-state index is 0.105. The molecule has 1 aromatic heterocycles. The highest BCUT2D eigenvalue weighted by Gasteiger charge is 2.21. The molecule has 1 rings (SSSR count). The van der Waals surface area contributed by atoms with E-state index in [0.717, 1.165) is 0 Å². The van der Waals surface area contributed by atoms with E-state index < -0.39 is 10.9 Å². The molecule has 0 radical (unpaired) electrons. The Morgan fingerprint density at radius 1 is 1.71 bits per heavy atom. The molecule has 7 nitrogen and oxygen atoms in total. The normalized spacial score (nSPS) is 9.82. The Balaban J connectivity index is 3.04. The van der Waals surface area contributed by atoms with Crippen molar-refractivity contribution in [1.82, 2.24) is 4.98 Å². The van der Waals surface area contributed by atoms with E-state index in [1.807, 2.05) is 0 Å². The summed E-state index contributed by atoms with van der Waals surface area (Å²) >= 11 is 3.10. The Morgan fingerprint density at radius 3 is 2.88 bits per heavy atom. The second-order valence-corrected chi connectivity index (χ2v) is 4.10. The molecule has 0 bridgehead atoms. The monoisotopic (exact) mass is 303 g/mol. The average Bonchev–Trinajstić information content (AvgIpc) is 2.28. The van der Waals surface area contributed by atoms with Gasteiger partial charge in [0.25, 0.3) is 0 Å². The number of pyridine rings is 1. The molecule has 0 saturated carbocycles. The van der Waals surface area contributed by atoms with Crippen LogP contribution in [0.25, 0.3) is 0 Å². The number of methoxy groups -OCH3 is 1. The molecule has 0 aliphatic heterocycles. The van der Waals surface area contributed by atoms with Gasteiger partial charge in [-0.1, -0.05) is 0 Å². The molecule has 0 spiro atoms. The summed E-state index contributed by atoms with van der Waals surface area (Å²) in [5, 5.41) is 10.8. The zero-order valence-electron chi connectivity index (χ0n) is 9.21. The number of aromatic nitrogens is 1. The highest BCUT2D eigenvalue weighted by atomic mass is 79.9. The van der Waals surface area contributed by atoms with Crippen molar-refractivity contribution < 1.29 is 14.5 Å². The van der Waals surface area contributed by atoms with Crippen molar-refractivity contribution in [2.75, 3.05) is 25.6 Å². The lowest BCUT2D eigenvalue weighted by Crippen LogP contribution is -2.27. The van der Waals surface area contributed by atoms with Gasteiger partial charge in [0.05, 0.1) is 12.0 Å². The van der Waals surface area contributed by atoms with E-state index in [1.54, 1.807) is 0 Å². The standard InChI is InChI=1S/C9H10BrN3O4/c1-12(5-8(14)17-2)9-7(13(15)16)3-6(10)4-11-9/h3-4H,5H2,1-2H3. The lowest BCUT2D eigenvalue weighted by atomic mass is 10.3. The first kappa shape index (κ1) is 13.4. The summed E-state index contributed by atoms with van der Waals surface area (Å²) in [6, 6.07) is 1.33. The van der Waals surface area contributed by atoms with Crippen LogP contribution in [0, 0.1) is 10.1 Å². The maximum absolute atomic E-state index is 11.1. The van der Waals surface area contributed by atoms with Crippen LogP contribution in [0.3, 0.4) is 0 Å². The van der Waals surface area contributed by atoms with E-state index in [4.69, 9.17) is 0 Å². The van der Waals surface area contributed by atoms with E-state index in [9.17, 15) is 14.9 Å². The third-order valence-electron chi connectivity index (χ3n) is 1.97. The third kappa shape index (κ3) is 3.38. The highest BCUT2D eigenvalue weighted by Crippen LogP contribution is 2.27. The summed E-state index contributed by atoms with van der Waals surface area (Å²) in [6.45, 7) is -0.105.